The van der Waals surface area contributed by atoms with Crippen LogP contribution in [0.3, 0.4) is 0 Å². The predicted molar refractivity (Wildman–Crippen MR) is 76.1 cm³/mol. The van der Waals surface area contributed by atoms with Gasteiger partial charge >= 0.3 is 0 Å². The van der Waals surface area contributed by atoms with Crippen LogP contribution in [0.5, 0.6) is 5.75 Å². The standard InChI is InChI=1S/C16H24FNO/c1-12-4-3-5-14(10-12)18-8-9-19-15-7-6-13(2)16(17)11-15/h6-7,11-12,14,18H,3-5,8-10H2,1-2H3. The number of halogens is 1. The number of ether oxygens (including phenoxy) is 1. The summed E-state index contributed by atoms with van der Waals surface area (Å²) < 4.78 is 18.9. The molecule has 0 saturated heterocycles. The fraction of sp³-hybridized carbons (Fsp3) is 0.625. The highest BCUT2D eigenvalue weighted by molar-refractivity contribution is 5.27. The minimum atomic E-state index is -0.202. The Hall–Kier alpha value is -1.09. The van der Waals surface area contributed by atoms with Crippen LogP contribution in [-0.4, -0.2) is 19.2 Å². The van der Waals surface area contributed by atoms with Crippen molar-refractivity contribution < 1.29 is 9.13 Å². The van der Waals surface area contributed by atoms with Gasteiger partial charge in [-0.2, -0.15) is 0 Å². The van der Waals surface area contributed by atoms with Gasteiger partial charge in [0.2, 0.25) is 0 Å². The monoisotopic (exact) mass is 265 g/mol. The van der Waals surface area contributed by atoms with E-state index in [1.165, 1.54) is 31.7 Å². The van der Waals surface area contributed by atoms with Gasteiger partial charge in [0.25, 0.3) is 0 Å². The van der Waals surface area contributed by atoms with E-state index in [0.717, 1.165) is 12.5 Å². The molecule has 0 amide bonds. The zero-order valence-electron chi connectivity index (χ0n) is 11.9. The van der Waals surface area contributed by atoms with E-state index < -0.39 is 0 Å². The van der Waals surface area contributed by atoms with Crippen molar-refractivity contribution in [3.8, 4) is 5.75 Å². The molecule has 0 aliphatic heterocycles. The summed E-state index contributed by atoms with van der Waals surface area (Å²) in [5.41, 5.74) is 0.654. The van der Waals surface area contributed by atoms with Crippen LogP contribution in [0.4, 0.5) is 4.39 Å². The average Bonchev–Trinajstić information content (AvgIpc) is 2.39. The molecule has 1 fully saturated rings. The lowest BCUT2D eigenvalue weighted by Gasteiger charge is -2.27. The summed E-state index contributed by atoms with van der Waals surface area (Å²) >= 11 is 0. The molecule has 2 nitrogen and oxygen atoms in total. The maximum Gasteiger partial charge on any atom is 0.129 e. The molecule has 19 heavy (non-hydrogen) atoms. The largest absolute Gasteiger partial charge is 0.492 e. The van der Waals surface area contributed by atoms with Crippen molar-refractivity contribution in [2.45, 2.75) is 45.6 Å². The van der Waals surface area contributed by atoms with Crippen LogP contribution in [0, 0.1) is 18.7 Å². The lowest BCUT2D eigenvalue weighted by Crippen LogP contribution is -2.36. The quantitative estimate of drug-likeness (QED) is 0.820. The Balaban J connectivity index is 1.67. The summed E-state index contributed by atoms with van der Waals surface area (Å²) in [7, 11) is 0. The number of hydrogen-bond donors (Lipinski definition) is 1. The van der Waals surface area contributed by atoms with E-state index in [1.54, 1.807) is 13.0 Å². The second kappa shape index (κ2) is 6.90. The maximum absolute atomic E-state index is 13.3. The van der Waals surface area contributed by atoms with Gasteiger partial charge in [0.1, 0.15) is 18.2 Å². The number of benzene rings is 1. The van der Waals surface area contributed by atoms with E-state index in [9.17, 15) is 4.39 Å². The van der Waals surface area contributed by atoms with Crippen LogP contribution < -0.4 is 10.1 Å². The average molecular weight is 265 g/mol. The van der Waals surface area contributed by atoms with E-state index in [1.807, 2.05) is 6.07 Å². The molecule has 0 heterocycles. The summed E-state index contributed by atoms with van der Waals surface area (Å²) in [5.74, 6) is 1.24. The van der Waals surface area contributed by atoms with Gasteiger partial charge in [0, 0.05) is 18.7 Å². The first kappa shape index (κ1) is 14.3. The second-order valence-electron chi connectivity index (χ2n) is 5.68. The minimum Gasteiger partial charge on any atom is -0.492 e. The van der Waals surface area contributed by atoms with Crippen molar-refractivity contribution in [2.75, 3.05) is 13.2 Å². The molecular formula is C16H24FNO. The molecule has 106 valence electrons. The van der Waals surface area contributed by atoms with Crippen molar-refractivity contribution in [2.24, 2.45) is 5.92 Å². The Bertz CT molecular complexity index is 408. The first-order valence-corrected chi connectivity index (χ1v) is 7.27. The topological polar surface area (TPSA) is 21.3 Å². The Labute approximate surface area is 115 Å². The van der Waals surface area contributed by atoms with Crippen LogP contribution >= 0.6 is 0 Å². The zero-order chi connectivity index (χ0) is 13.7. The Kier molecular flexibility index (Phi) is 5.20. The molecule has 0 bridgehead atoms. The summed E-state index contributed by atoms with van der Waals surface area (Å²) in [4.78, 5) is 0. The molecule has 3 heteroatoms. The van der Waals surface area contributed by atoms with Crippen LogP contribution in [0.15, 0.2) is 18.2 Å². The normalized spacial score (nSPS) is 23.3. The molecule has 1 aliphatic rings. The number of rotatable bonds is 5. The Morgan fingerprint density at radius 2 is 2.21 bits per heavy atom. The van der Waals surface area contributed by atoms with Crippen LogP contribution in [0.25, 0.3) is 0 Å². The second-order valence-corrected chi connectivity index (χ2v) is 5.68. The fourth-order valence-electron chi connectivity index (χ4n) is 2.71. The molecule has 1 aromatic carbocycles. The maximum atomic E-state index is 13.3. The van der Waals surface area contributed by atoms with Gasteiger partial charge in [0.05, 0.1) is 0 Å². The Morgan fingerprint density at radius 3 is 2.95 bits per heavy atom. The van der Waals surface area contributed by atoms with E-state index >= 15 is 0 Å². The summed E-state index contributed by atoms with van der Waals surface area (Å²) in [5, 5.41) is 3.53. The molecule has 0 radical (unpaired) electrons. The van der Waals surface area contributed by atoms with Gasteiger partial charge in [-0.25, -0.2) is 4.39 Å². The van der Waals surface area contributed by atoms with Crippen molar-refractivity contribution in [1.82, 2.24) is 5.32 Å². The van der Waals surface area contributed by atoms with Crippen LogP contribution in [0.2, 0.25) is 0 Å². The van der Waals surface area contributed by atoms with Gasteiger partial charge in [-0.1, -0.05) is 25.8 Å². The fourth-order valence-corrected chi connectivity index (χ4v) is 2.71. The minimum absolute atomic E-state index is 0.202. The molecule has 0 aromatic heterocycles. The lowest BCUT2D eigenvalue weighted by atomic mass is 9.87. The SMILES string of the molecule is Cc1ccc(OCCNC2CCCC(C)C2)cc1F. The van der Waals surface area contributed by atoms with Crippen LogP contribution in [0.1, 0.15) is 38.2 Å². The summed E-state index contributed by atoms with van der Waals surface area (Å²) in [6.07, 6.45) is 5.21. The van der Waals surface area contributed by atoms with Gasteiger partial charge in [-0.05, 0) is 37.3 Å². The van der Waals surface area contributed by atoms with E-state index in [0.29, 0.717) is 24.0 Å². The number of hydrogen-bond acceptors (Lipinski definition) is 2. The van der Waals surface area contributed by atoms with Crippen molar-refractivity contribution in [3.63, 3.8) is 0 Å². The highest BCUT2D eigenvalue weighted by atomic mass is 19.1. The Morgan fingerprint density at radius 1 is 1.37 bits per heavy atom. The molecule has 1 N–H and O–H groups in total. The van der Waals surface area contributed by atoms with E-state index in [-0.39, 0.29) is 5.82 Å². The zero-order valence-corrected chi connectivity index (χ0v) is 11.9. The predicted octanol–water partition coefficient (Wildman–Crippen LogP) is 3.68. The highest BCUT2D eigenvalue weighted by Gasteiger charge is 2.17. The van der Waals surface area contributed by atoms with Gasteiger partial charge in [0.15, 0.2) is 0 Å². The third kappa shape index (κ3) is 4.50. The van der Waals surface area contributed by atoms with Gasteiger partial charge < -0.3 is 10.1 Å². The van der Waals surface area contributed by atoms with Crippen LogP contribution in [-0.2, 0) is 0 Å². The first-order chi connectivity index (χ1) is 9.15. The molecule has 0 spiro atoms. The van der Waals surface area contributed by atoms with E-state index in [4.69, 9.17) is 4.74 Å². The van der Waals surface area contributed by atoms with Crippen molar-refractivity contribution in [1.29, 1.82) is 0 Å². The van der Waals surface area contributed by atoms with Gasteiger partial charge in [-0.15, -0.1) is 0 Å². The molecule has 2 rings (SSSR count). The molecule has 2 unspecified atom stereocenters. The third-order valence-corrected chi connectivity index (χ3v) is 3.88. The molecule has 1 saturated carbocycles. The summed E-state index contributed by atoms with van der Waals surface area (Å²) in [6.45, 7) is 5.49. The first-order valence-electron chi connectivity index (χ1n) is 7.27. The van der Waals surface area contributed by atoms with Gasteiger partial charge in [-0.3, -0.25) is 0 Å². The molecule has 1 aromatic rings. The third-order valence-electron chi connectivity index (χ3n) is 3.88. The van der Waals surface area contributed by atoms with E-state index in [2.05, 4.69) is 12.2 Å². The van der Waals surface area contributed by atoms with Crippen molar-refractivity contribution >= 4 is 0 Å². The molecular weight excluding hydrogens is 241 g/mol. The lowest BCUT2D eigenvalue weighted by molar-refractivity contribution is 0.266. The molecule has 1 aliphatic carbocycles. The molecule has 2 atom stereocenters. The highest BCUT2D eigenvalue weighted by Crippen LogP contribution is 2.23. The number of aryl methyl sites for hydroxylation is 1. The smallest absolute Gasteiger partial charge is 0.129 e. The summed E-state index contributed by atoms with van der Waals surface area (Å²) in [6, 6.07) is 5.65. The number of nitrogens with one attached hydrogen (secondary N) is 1. The van der Waals surface area contributed by atoms with Crippen molar-refractivity contribution in [3.05, 3.63) is 29.6 Å².